The summed E-state index contributed by atoms with van der Waals surface area (Å²) in [6.45, 7) is 5.29. The van der Waals surface area contributed by atoms with Gasteiger partial charge in [0.1, 0.15) is 11.4 Å². The van der Waals surface area contributed by atoms with Crippen molar-refractivity contribution in [3.63, 3.8) is 0 Å². The number of aromatic nitrogens is 1. The third-order valence-electron chi connectivity index (χ3n) is 3.72. The molecule has 1 aliphatic rings. The molecule has 2 heterocycles. The molecule has 7 nitrogen and oxygen atoms in total. The zero-order chi connectivity index (χ0) is 17.2. The van der Waals surface area contributed by atoms with Gasteiger partial charge in [-0.15, -0.1) is 0 Å². The molecule has 0 unspecified atom stereocenters. The van der Waals surface area contributed by atoms with Gasteiger partial charge in [0.25, 0.3) is 0 Å². The second-order valence-electron chi connectivity index (χ2n) is 6.69. The fraction of sp³-hybridized carbons (Fsp3) is 0.562. The molecule has 2 atom stereocenters. The zero-order valence-corrected chi connectivity index (χ0v) is 13.9. The maximum Gasteiger partial charge on any atom is 0.413 e. The Morgan fingerprint density at radius 3 is 2.78 bits per heavy atom. The van der Waals surface area contributed by atoms with E-state index in [4.69, 9.17) is 4.74 Å². The summed E-state index contributed by atoms with van der Waals surface area (Å²) in [6.07, 6.45) is 1.50. The van der Waals surface area contributed by atoms with Crippen LogP contribution in [0.25, 0.3) is 0 Å². The van der Waals surface area contributed by atoms with Gasteiger partial charge in [0.2, 0.25) is 5.91 Å². The minimum absolute atomic E-state index is 0.0162. The lowest BCUT2D eigenvalue weighted by Gasteiger charge is -2.44. The number of hydrogen-bond acceptors (Lipinski definition) is 5. The number of hydrogen-bond donors (Lipinski definition) is 2. The van der Waals surface area contributed by atoms with Crippen molar-refractivity contribution in [2.45, 2.75) is 38.8 Å². The van der Waals surface area contributed by atoms with Gasteiger partial charge in [0.05, 0.1) is 18.6 Å². The summed E-state index contributed by atoms with van der Waals surface area (Å²) < 4.78 is 5.18. The summed E-state index contributed by atoms with van der Waals surface area (Å²) in [5.41, 5.74) is 0.287. The van der Waals surface area contributed by atoms with E-state index in [1.807, 2.05) is 0 Å². The minimum Gasteiger partial charge on any atom is -0.444 e. The number of likely N-dealkylation sites (N-methyl/N-ethyl adjacent to an activating group) is 1. The van der Waals surface area contributed by atoms with Gasteiger partial charge in [-0.25, -0.2) is 9.78 Å². The number of anilines is 1. The van der Waals surface area contributed by atoms with Gasteiger partial charge in [-0.3, -0.25) is 10.1 Å². The van der Waals surface area contributed by atoms with E-state index in [2.05, 4.69) is 10.3 Å². The molecule has 23 heavy (non-hydrogen) atoms. The highest BCUT2D eigenvalue weighted by Gasteiger charge is 2.44. The smallest absolute Gasteiger partial charge is 0.413 e. The van der Waals surface area contributed by atoms with Crippen molar-refractivity contribution in [1.29, 1.82) is 0 Å². The maximum absolute atomic E-state index is 11.9. The van der Waals surface area contributed by atoms with E-state index >= 15 is 0 Å². The summed E-state index contributed by atoms with van der Waals surface area (Å²) in [7, 11) is 1.68. The van der Waals surface area contributed by atoms with Crippen molar-refractivity contribution >= 4 is 17.8 Å². The van der Waals surface area contributed by atoms with E-state index in [1.54, 1.807) is 51.0 Å². The van der Waals surface area contributed by atoms with Crippen LogP contribution in [0.5, 0.6) is 0 Å². The highest BCUT2D eigenvalue weighted by atomic mass is 16.6. The number of nitrogens with one attached hydrogen (secondary N) is 1. The summed E-state index contributed by atoms with van der Waals surface area (Å²) >= 11 is 0. The molecule has 1 aromatic heterocycles. The fourth-order valence-electron chi connectivity index (χ4n) is 2.58. The molecule has 2 amide bonds. The van der Waals surface area contributed by atoms with Crippen LogP contribution < -0.4 is 5.32 Å². The predicted molar refractivity (Wildman–Crippen MR) is 84.9 cm³/mol. The molecule has 1 aliphatic heterocycles. The maximum atomic E-state index is 11.9. The average Bonchev–Trinajstić information content (AvgIpc) is 2.45. The number of pyridine rings is 1. The first-order chi connectivity index (χ1) is 10.7. The van der Waals surface area contributed by atoms with Crippen LogP contribution in [0.1, 0.15) is 26.3 Å². The Kier molecular flexibility index (Phi) is 4.89. The molecule has 0 spiro atoms. The number of nitrogens with zero attached hydrogens (tertiary/aromatic N) is 2. The van der Waals surface area contributed by atoms with E-state index in [0.717, 1.165) is 5.56 Å². The average molecular weight is 321 g/mol. The molecule has 0 saturated carbocycles. The first-order valence-corrected chi connectivity index (χ1v) is 7.53. The molecule has 0 aliphatic carbocycles. The number of aliphatic hydroxyl groups is 1. The second-order valence-corrected chi connectivity index (χ2v) is 6.69. The minimum atomic E-state index is -0.584. The van der Waals surface area contributed by atoms with Crippen LogP contribution in [0.15, 0.2) is 18.3 Å². The van der Waals surface area contributed by atoms with Gasteiger partial charge in [-0.1, -0.05) is 0 Å². The van der Waals surface area contributed by atoms with Crippen molar-refractivity contribution < 1.29 is 19.4 Å². The Labute approximate surface area is 135 Å². The number of rotatable bonds is 4. The van der Waals surface area contributed by atoms with Crippen LogP contribution in [-0.2, 0) is 16.0 Å². The topological polar surface area (TPSA) is 91.8 Å². The molecule has 0 radical (unpaired) electrons. The molecule has 126 valence electrons. The number of carbonyl (C=O) groups excluding carboxylic acids is 2. The van der Waals surface area contributed by atoms with Gasteiger partial charge in [-0.2, -0.15) is 0 Å². The van der Waals surface area contributed by atoms with E-state index in [0.29, 0.717) is 12.2 Å². The molecule has 0 bridgehead atoms. The van der Waals surface area contributed by atoms with E-state index in [9.17, 15) is 14.7 Å². The largest absolute Gasteiger partial charge is 0.444 e. The fourth-order valence-corrected chi connectivity index (χ4v) is 2.58. The Balaban J connectivity index is 2.00. The van der Waals surface area contributed by atoms with Gasteiger partial charge in [0, 0.05) is 13.2 Å². The number of ether oxygens (including phenoxy) is 1. The van der Waals surface area contributed by atoms with Crippen LogP contribution in [0.4, 0.5) is 10.6 Å². The number of β-lactam (4-membered cyclic amide) rings is 1. The number of likely N-dealkylation sites (tertiary alicyclic amines) is 1. The highest BCUT2D eigenvalue weighted by Crippen LogP contribution is 2.28. The molecule has 2 rings (SSSR count). The lowest BCUT2D eigenvalue weighted by molar-refractivity contribution is -0.155. The van der Waals surface area contributed by atoms with E-state index in [-0.39, 0.29) is 24.5 Å². The summed E-state index contributed by atoms with van der Waals surface area (Å²) in [5, 5.41) is 11.9. The van der Waals surface area contributed by atoms with Crippen LogP contribution >= 0.6 is 0 Å². The van der Waals surface area contributed by atoms with Crippen LogP contribution in [0.2, 0.25) is 0 Å². The third kappa shape index (κ3) is 4.19. The molecular weight excluding hydrogens is 298 g/mol. The molecular formula is C16H23N3O4. The number of aliphatic hydroxyl groups excluding tert-OH is 1. The normalized spacial score (nSPS) is 20.9. The van der Waals surface area contributed by atoms with Crippen molar-refractivity contribution in [3.8, 4) is 0 Å². The molecule has 7 heteroatoms. The van der Waals surface area contributed by atoms with Gasteiger partial charge in [0.15, 0.2) is 0 Å². The summed E-state index contributed by atoms with van der Waals surface area (Å²) in [5.74, 6) is 0.154. The molecule has 1 aromatic rings. The molecule has 2 N–H and O–H groups in total. The third-order valence-corrected chi connectivity index (χ3v) is 3.72. The second kappa shape index (κ2) is 6.54. The van der Waals surface area contributed by atoms with Gasteiger partial charge >= 0.3 is 6.09 Å². The predicted octanol–water partition coefficient (Wildman–Crippen LogP) is 1.42. The van der Waals surface area contributed by atoms with Crippen molar-refractivity contribution in [1.82, 2.24) is 9.88 Å². The quantitative estimate of drug-likeness (QED) is 0.818. The first kappa shape index (κ1) is 17.2. The number of amides is 2. The van der Waals surface area contributed by atoms with Crippen LogP contribution in [0, 0.1) is 5.92 Å². The first-order valence-electron chi connectivity index (χ1n) is 7.53. The van der Waals surface area contributed by atoms with Crippen molar-refractivity contribution in [3.05, 3.63) is 23.9 Å². The molecule has 1 saturated heterocycles. The lowest BCUT2D eigenvalue weighted by Crippen LogP contribution is -2.61. The van der Waals surface area contributed by atoms with Gasteiger partial charge < -0.3 is 14.7 Å². The Morgan fingerprint density at radius 1 is 1.48 bits per heavy atom. The molecule has 1 fully saturated rings. The zero-order valence-electron chi connectivity index (χ0n) is 13.9. The van der Waals surface area contributed by atoms with E-state index in [1.165, 1.54) is 0 Å². The Bertz CT molecular complexity index is 597. The van der Waals surface area contributed by atoms with Gasteiger partial charge in [-0.05, 0) is 44.9 Å². The SMILES string of the molecule is CN1C(=O)[C@H](Cc2ccnc(NC(=O)OC(C)(C)C)c2)[C@H]1CO. The van der Waals surface area contributed by atoms with E-state index < -0.39 is 11.7 Å². The summed E-state index contributed by atoms with van der Waals surface area (Å²) in [6, 6.07) is 3.35. The summed E-state index contributed by atoms with van der Waals surface area (Å²) in [4.78, 5) is 29.2. The standard InChI is InChI=1S/C16H23N3O4/c1-16(2,3)23-15(22)18-13-8-10(5-6-17-13)7-11-12(9-20)19(4)14(11)21/h5-6,8,11-12,20H,7,9H2,1-4H3,(H,17,18,22)/t11-,12-/m1/s1. The lowest BCUT2D eigenvalue weighted by atomic mass is 9.83. The monoisotopic (exact) mass is 321 g/mol. The van der Waals surface area contributed by atoms with Crippen LogP contribution in [-0.4, -0.2) is 52.3 Å². The molecule has 0 aromatic carbocycles. The number of carbonyl (C=O) groups is 2. The van der Waals surface area contributed by atoms with Crippen LogP contribution in [0.3, 0.4) is 0 Å². The Morgan fingerprint density at radius 2 is 2.17 bits per heavy atom. The highest BCUT2D eigenvalue weighted by molar-refractivity contribution is 5.86. The van der Waals surface area contributed by atoms with Crippen molar-refractivity contribution in [2.24, 2.45) is 5.92 Å². The van der Waals surface area contributed by atoms with Crippen molar-refractivity contribution in [2.75, 3.05) is 19.0 Å². The Hall–Kier alpha value is -2.15.